The van der Waals surface area contributed by atoms with Crippen LogP contribution in [0, 0.1) is 0 Å². The van der Waals surface area contributed by atoms with Crippen molar-refractivity contribution in [2.24, 2.45) is 0 Å². The van der Waals surface area contributed by atoms with Gasteiger partial charge in [-0.05, 0) is 22.4 Å². The van der Waals surface area contributed by atoms with Gasteiger partial charge in [-0.3, -0.25) is 30.0 Å². The number of rotatable bonds is 7. The lowest BCUT2D eigenvalue weighted by molar-refractivity contribution is -0.126. The van der Waals surface area contributed by atoms with E-state index in [-0.39, 0.29) is 35.8 Å². The molecule has 0 saturated heterocycles. The third-order valence-electron chi connectivity index (χ3n) is 5.44. The first-order valence-electron chi connectivity index (χ1n) is 11.0. The number of fused-ring (bicyclic) bond motifs is 1. The van der Waals surface area contributed by atoms with E-state index in [1.54, 1.807) is 48.5 Å². The zero-order chi connectivity index (χ0) is 24.6. The summed E-state index contributed by atoms with van der Waals surface area (Å²) >= 11 is 0. The maximum atomic E-state index is 12.8. The van der Waals surface area contributed by atoms with Crippen LogP contribution in [0.25, 0.3) is 10.8 Å². The largest absolute Gasteiger partial charge is 0.347 e. The summed E-state index contributed by atoms with van der Waals surface area (Å²) in [4.78, 5) is 50.0. The van der Waals surface area contributed by atoms with Crippen LogP contribution in [0.2, 0.25) is 0 Å². The SMILES string of the molecule is O=C(Cc1cccc2ccccc12)NCC(=O)NNC(=O)c1ccccc1C(=O)c1ccccc1. The summed E-state index contributed by atoms with van der Waals surface area (Å²) in [6.45, 7) is -0.311. The highest BCUT2D eigenvalue weighted by atomic mass is 16.2. The van der Waals surface area contributed by atoms with Gasteiger partial charge >= 0.3 is 0 Å². The first-order valence-corrected chi connectivity index (χ1v) is 11.0. The van der Waals surface area contributed by atoms with Crippen LogP contribution in [0.4, 0.5) is 0 Å². The van der Waals surface area contributed by atoms with Crippen LogP contribution in [0.15, 0.2) is 97.1 Å². The summed E-state index contributed by atoms with van der Waals surface area (Å²) in [7, 11) is 0. The molecule has 0 unspecified atom stereocenters. The van der Waals surface area contributed by atoms with Crippen molar-refractivity contribution in [1.82, 2.24) is 16.2 Å². The predicted molar refractivity (Wildman–Crippen MR) is 133 cm³/mol. The molecule has 3 N–H and O–H groups in total. The lowest BCUT2D eigenvalue weighted by Gasteiger charge is -2.11. The van der Waals surface area contributed by atoms with E-state index < -0.39 is 11.8 Å². The highest BCUT2D eigenvalue weighted by Crippen LogP contribution is 2.19. The van der Waals surface area contributed by atoms with Crippen LogP contribution in [-0.4, -0.2) is 30.0 Å². The maximum Gasteiger partial charge on any atom is 0.270 e. The van der Waals surface area contributed by atoms with E-state index in [0.717, 1.165) is 16.3 Å². The Balaban J connectivity index is 1.31. The van der Waals surface area contributed by atoms with E-state index in [0.29, 0.717) is 5.56 Å². The Morgan fingerprint density at radius 2 is 1.26 bits per heavy atom. The number of hydrogen-bond donors (Lipinski definition) is 3. The van der Waals surface area contributed by atoms with Gasteiger partial charge in [-0.25, -0.2) is 0 Å². The van der Waals surface area contributed by atoms with E-state index in [1.165, 1.54) is 6.07 Å². The van der Waals surface area contributed by atoms with E-state index >= 15 is 0 Å². The lowest BCUT2D eigenvalue weighted by Crippen LogP contribution is -2.46. The number of hydrazine groups is 1. The average molecular weight is 466 g/mol. The van der Waals surface area contributed by atoms with Crippen LogP contribution >= 0.6 is 0 Å². The zero-order valence-electron chi connectivity index (χ0n) is 18.8. The van der Waals surface area contributed by atoms with Crippen molar-refractivity contribution in [3.63, 3.8) is 0 Å². The fraction of sp³-hybridized carbons (Fsp3) is 0.0714. The Morgan fingerprint density at radius 3 is 2.06 bits per heavy atom. The molecule has 0 aliphatic carbocycles. The third kappa shape index (κ3) is 5.78. The van der Waals surface area contributed by atoms with Crippen LogP contribution < -0.4 is 16.2 Å². The Hall–Kier alpha value is -4.78. The van der Waals surface area contributed by atoms with Gasteiger partial charge in [0.05, 0.1) is 18.5 Å². The fourth-order valence-electron chi connectivity index (χ4n) is 3.72. The molecule has 4 aromatic rings. The Bertz CT molecular complexity index is 1390. The molecule has 35 heavy (non-hydrogen) atoms. The molecule has 0 bridgehead atoms. The number of benzene rings is 4. The third-order valence-corrected chi connectivity index (χ3v) is 5.44. The lowest BCUT2D eigenvalue weighted by atomic mass is 9.98. The van der Waals surface area contributed by atoms with Gasteiger partial charge in [0.2, 0.25) is 5.91 Å². The minimum Gasteiger partial charge on any atom is -0.347 e. The van der Waals surface area contributed by atoms with Crippen LogP contribution in [0.3, 0.4) is 0 Å². The van der Waals surface area contributed by atoms with Gasteiger partial charge in [-0.2, -0.15) is 0 Å². The van der Waals surface area contributed by atoms with Gasteiger partial charge < -0.3 is 5.32 Å². The topological polar surface area (TPSA) is 104 Å². The summed E-state index contributed by atoms with van der Waals surface area (Å²) < 4.78 is 0. The molecular formula is C28H23N3O4. The molecule has 7 heteroatoms. The van der Waals surface area contributed by atoms with Crippen LogP contribution in [0.5, 0.6) is 0 Å². The van der Waals surface area contributed by atoms with Crippen molar-refractivity contribution in [3.8, 4) is 0 Å². The smallest absolute Gasteiger partial charge is 0.270 e. The van der Waals surface area contributed by atoms with Crippen molar-refractivity contribution in [2.45, 2.75) is 6.42 Å². The summed E-state index contributed by atoms with van der Waals surface area (Å²) in [5.41, 5.74) is 6.22. The number of ketones is 1. The van der Waals surface area contributed by atoms with Crippen molar-refractivity contribution in [2.75, 3.05) is 6.54 Å². The zero-order valence-corrected chi connectivity index (χ0v) is 18.8. The number of carbonyl (C=O) groups excluding carboxylic acids is 4. The summed E-state index contributed by atoms with van der Waals surface area (Å²) in [5, 5.41) is 4.56. The minimum absolute atomic E-state index is 0.121. The molecule has 0 aromatic heterocycles. The van der Waals surface area contributed by atoms with E-state index in [1.807, 2.05) is 42.5 Å². The summed E-state index contributed by atoms with van der Waals surface area (Å²) in [6, 6.07) is 28.4. The molecule has 0 atom stereocenters. The highest BCUT2D eigenvalue weighted by molar-refractivity contribution is 6.15. The molecule has 0 aliphatic heterocycles. The second-order valence-electron chi connectivity index (χ2n) is 7.83. The van der Waals surface area contributed by atoms with Gasteiger partial charge in [0.25, 0.3) is 11.8 Å². The van der Waals surface area contributed by atoms with Crippen molar-refractivity contribution >= 4 is 34.3 Å². The second kappa shape index (κ2) is 10.9. The van der Waals surface area contributed by atoms with E-state index in [2.05, 4.69) is 16.2 Å². The van der Waals surface area contributed by atoms with Crippen molar-refractivity contribution < 1.29 is 19.2 Å². The highest BCUT2D eigenvalue weighted by Gasteiger charge is 2.18. The van der Waals surface area contributed by atoms with Gasteiger partial charge in [-0.15, -0.1) is 0 Å². The maximum absolute atomic E-state index is 12.8. The minimum atomic E-state index is -0.639. The van der Waals surface area contributed by atoms with Gasteiger partial charge in [-0.1, -0.05) is 91.0 Å². The molecule has 0 aliphatic rings. The molecule has 0 radical (unpaired) electrons. The monoisotopic (exact) mass is 465 g/mol. The molecular weight excluding hydrogens is 442 g/mol. The predicted octanol–water partition coefficient (Wildman–Crippen LogP) is 3.19. The molecule has 4 aromatic carbocycles. The van der Waals surface area contributed by atoms with Crippen molar-refractivity contribution in [3.05, 3.63) is 119 Å². The van der Waals surface area contributed by atoms with Gasteiger partial charge in [0, 0.05) is 11.1 Å². The molecule has 4 rings (SSSR count). The summed E-state index contributed by atoms with van der Waals surface area (Å²) in [5.74, 6) is -1.86. The van der Waals surface area contributed by atoms with Crippen LogP contribution in [-0.2, 0) is 16.0 Å². The number of amides is 3. The molecule has 174 valence electrons. The Kier molecular flexibility index (Phi) is 7.28. The van der Waals surface area contributed by atoms with Crippen molar-refractivity contribution in [1.29, 1.82) is 0 Å². The van der Waals surface area contributed by atoms with Gasteiger partial charge in [0.15, 0.2) is 5.78 Å². The molecule has 0 heterocycles. The van der Waals surface area contributed by atoms with E-state index in [4.69, 9.17) is 0 Å². The average Bonchev–Trinajstić information content (AvgIpc) is 2.91. The summed E-state index contributed by atoms with van der Waals surface area (Å²) in [6.07, 6.45) is 0.121. The molecule has 0 spiro atoms. The number of hydrogen-bond acceptors (Lipinski definition) is 4. The molecule has 0 fully saturated rings. The number of carbonyl (C=O) groups is 4. The first kappa shape index (κ1) is 23.4. The normalized spacial score (nSPS) is 10.4. The molecule has 7 nitrogen and oxygen atoms in total. The molecule has 0 saturated carbocycles. The standard InChI is InChI=1S/C28H23N3O4/c32-25(17-21-13-8-12-19-9-4-5-14-22(19)21)29-18-26(33)30-31-28(35)24-16-7-6-15-23(24)27(34)20-10-2-1-3-11-20/h1-16H,17-18H2,(H,29,32)(H,30,33)(H,31,35). The first-order chi connectivity index (χ1) is 17.0. The quantitative estimate of drug-likeness (QED) is 0.288. The Morgan fingerprint density at radius 1 is 0.600 bits per heavy atom. The number of nitrogens with one attached hydrogen (secondary N) is 3. The van der Waals surface area contributed by atoms with Gasteiger partial charge in [0.1, 0.15) is 0 Å². The fourth-order valence-corrected chi connectivity index (χ4v) is 3.72. The van der Waals surface area contributed by atoms with E-state index in [9.17, 15) is 19.2 Å². The van der Waals surface area contributed by atoms with Crippen LogP contribution in [0.1, 0.15) is 31.8 Å². The Labute approximate surface area is 202 Å². The molecule has 3 amide bonds. The second-order valence-corrected chi connectivity index (χ2v) is 7.83.